The first-order valence-corrected chi connectivity index (χ1v) is 7.77. The van der Waals surface area contributed by atoms with E-state index in [1.807, 2.05) is 0 Å². The Bertz CT molecular complexity index is 394. The molecule has 0 radical (unpaired) electrons. The molecular weight excluding hydrogens is 290 g/mol. The third kappa shape index (κ3) is 3.48. The zero-order valence-electron chi connectivity index (χ0n) is 11.3. The smallest absolute Gasteiger partial charge is 0.123 e. The molecule has 1 aliphatic rings. The average Bonchev–Trinajstić information content (AvgIpc) is 2.77. The van der Waals surface area contributed by atoms with E-state index >= 15 is 0 Å². The minimum atomic E-state index is 0.861. The molecule has 18 heavy (non-hydrogen) atoms. The SMILES string of the molecule is COc1ccc(C)cc1CN1CCC(CCBr)C1. The van der Waals surface area contributed by atoms with Crippen molar-refractivity contribution in [2.75, 3.05) is 25.5 Å². The number of hydrogen-bond acceptors (Lipinski definition) is 2. The van der Waals surface area contributed by atoms with Gasteiger partial charge >= 0.3 is 0 Å². The van der Waals surface area contributed by atoms with Crippen molar-refractivity contribution in [2.45, 2.75) is 26.3 Å². The van der Waals surface area contributed by atoms with Crippen LogP contribution in [0.5, 0.6) is 5.75 Å². The maximum absolute atomic E-state index is 5.45. The van der Waals surface area contributed by atoms with Gasteiger partial charge in [-0.15, -0.1) is 0 Å². The Morgan fingerprint density at radius 3 is 3.00 bits per heavy atom. The van der Waals surface area contributed by atoms with E-state index in [0.29, 0.717) is 0 Å². The lowest BCUT2D eigenvalue weighted by atomic mass is 10.1. The summed E-state index contributed by atoms with van der Waals surface area (Å²) >= 11 is 3.54. The summed E-state index contributed by atoms with van der Waals surface area (Å²) in [5.41, 5.74) is 2.62. The quantitative estimate of drug-likeness (QED) is 0.770. The van der Waals surface area contributed by atoms with Crippen LogP contribution in [0, 0.1) is 12.8 Å². The molecule has 3 heteroatoms. The van der Waals surface area contributed by atoms with Crippen LogP contribution in [0.25, 0.3) is 0 Å². The van der Waals surface area contributed by atoms with Gasteiger partial charge in [-0.05, 0) is 38.3 Å². The van der Waals surface area contributed by atoms with Gasteiger partial charge in [-0.3, -0.25) is 4.90 Å². The van der Waals surface area contributed by atoms with Crippen LogP contribution in [0.4, 0.5) is 0 Å². The Morgan fingerprint density at radius 1 is 1.44 bits per heavy atom. The maximum Gasteiger partial charge on any atom is 0.123 e. The van der Waals surface area contributed by atoms with Gasteiger partial charge in [0.2, 0.25) is 0 Å². The molecular formula is C15H22BrNO. The Kier molecular flexibility index (Phi) is 5.07. The first kappa shape index (κ1) is 13.9. The lowest BCUT2D eigenvalue weighted by Crippen LogP contribution is -2.20. The number of hydrogen-bond donors (Lipinski definition) is 0. The van der Waals surface area contributed by atoms with Crippen LogP contribution in [0.1, 0.15) is 24.0 Å². The highest BCUT2D eigenvalue weighted by Gasteiger charge is 2.22. The van der Waals surface area contributed by atoms with Crippen molar-refractivity contribution in [3.8, 4) is 5.75 Å². The van der Waals surface area contributed by atoms with Crippen LogP contribution in [0.15, 0.2) is 18.2 Å². The molecule has 0 N–H and O–H groups in total. The average molecular weight is 312 g/mol. The maximum atomic E-state index is 5.45. The van der Waals surface area contributed by atoms with E-state index in [9.17, 15) is 0 Å². The highest BCUT2D eigenvalue weighted by molar-refractivity contribution is 9.09. The van der Waals surface area contributed by atoms with Gasteiger partial charge in [0.05, 0.1) is 7.11 Å². The molecule has 1 atom stereocenters. The molecule has 1 unspecified atom stereocenters. The first-order valence-electron chi connectivity index (χ1n) is 6.64. The van der Waals surface area contributed by atoms with Crippen molar-refractivity contribution in [3.63, 3.8) is 0 Å². The molecule has 0 amide bonds. The van der Waals surface area contributed by atoms with Gasteiger partial charge in [0, 0.05) is 24.0 Å². The molecule has 1 heterocycles. The van der Waals surface area contributed by atoms with Crippen molar-refractivity contribution in [1.29, 1.82) is 0 Å². The molecule has 0 spiro atoms. The van der Waals surface area contributed by atoms with Crippen LogP contribution in [0.3, 0.4) is 0 Å². The Morgan fingerprint density at radius 2 is 2.28 bits per heavy atom. The molecule has 0 aliphatic carbocycles. The Hall–Kier alpha value is -0.540. The van der Waals surface area contributed by atoms with Crippen LogP contribution >= 0.6 is 15.9 Å². The first-order chi connectivity index (χ1) is 8.72. The van der Waals surface area contributed by atoms with Gasteiger partial charge in [-0.1, -0.05) is 33.6 Å². The number of likely N-dealkylation sites (tertiary alicyclic amines) is 1. The molecule has 2 nitrogen and oxygen atoms in total. The van der Waals surface area contributed by atoms with E-state index in [4.69, 9.17) is 4.74 Å². The largest absolute Gasteiger partial charge is 0.496 e. The fourth-order valence-corrected chi connectivity index (χ4v) is 3.37. The zero-order valence-corrected chi connectivity index (χ0v) is 12.9. The van der Waals surface area contributed by atoms with E-state index in [0.717, 1.165) is 23.5 Å². The van der Waals surface area contributed by atoms with Crippen molar-refractivity contribution in [3.05, 3.63) is 29.3 Å². The number of methoxy groups -OCH3 is 1. The van der Waals surface area contributed by atoms with Gasteiger partial charge in [-0.25, -0.2) is 0 Å². The standard InChI is InChI=1S/C15H22BrNO/c1-12-3-4-15(18-2)14(9-12)11-17-8-6-13(10-17)5-7-16/h3-4,9,13H,5-8,10-11H2,1-2H3. The van der Waals surface area contributed by atoms with E-state index in [1.165, 1.54) is 37.1 Å². The second kappa shape index (κ2) is 6.58. The predicted molar refractivity (Wildman–Crippen MR) is 79.5 cm³/mol. The molecule has 1 fully saturated rings. The summed E-state index contributed by atoms with van der Waals surface area (Å²) in [6.07, 6.45) is 2.63. The number of aryl methyl sites for hydroxylation is 1. The molecule has 2 rings (SSSR count). The summed E-state index contributed by atoms with van der Waals surface area (Å²) in [5.74, 6) is 1.88. The van der Waals surface area contributed by atoms with Gasteiger partial charge in [-0.2, -0.15) is 0 Å². The summed E-state index contributed by atoms with van der Waals surface area (Å²) < 4.78 is 5.45. The molecule has 0 aromatic heterocycles. The van der Waals surface area contributed by atoms with Crippen LogP contribution < -0.4 is 4.74 Å². The van der Waals surface area contributed by atoms with Gasteiger partial charge in [0.25, 0.3) is 0 Å². The molecule has 0 saturated carbocycles. The van der Waals surface area contributed by atoms with Crippen molar-refractivity contribution >= 4 is 15.9 Å². The molecule has 1 aromatic rings. The van der Waals surface area contributed by atoms with Gasteiger partial charge < -0.3 is 4.74 Å². The van der Waals surface area contributed by atoms with E-state index in [2.05, 4.69) is 46.0 Å². The number of benzene rings is 1. The van der Waals surface area contributed by atoms with Crippen molar-refractivity contribution in [2.24, 2.45) is 5.92 Å². The number of alkyl halides is 1. The second-order valence-electron chi connectivity index (χ2n) is 5.18. The van der Waals surface area contributed by atoms with Crippen LogP contribution in [0.2, 0.25) is 0 Å². The lowest BCUT2D eigenvalue weighted by molar-refractivity contribution is 0.307. The number of halogens is 1. The predicted octanol–water partition coefficient (Wildman–Crippen LogP) is 3.61. The third-order valence-corrected chi connectivity index (χ3v) is 4.18. The summed E-state index contributed by atoms with van der Waals surface area (Å²) in [6, 6.07) is 6.44. The molecule has 1 saturated heterocycles. The summed E-state index contributed by atoms with van der Waals surface area (Å²) in [6.45, 7) is 5.60. The van der Waals surface area contributed by atoms with Gasteiger partial charge in [0.15, 0.2) is 0 Å². The number of nitrogens with zero attached hydrogens (tertiary/aromatic N) is 1. The fraction of sp³-hybridized carbons (Fsp3) is 0.600. The van der Waals surface area contributed by atoms with Crippen molar-refractivity contribution < 1.29 is 4.74 Å². The molecule has 1 aliphatic heterocycles. The fourth-order valence-electron chi connectivity index (χ4n) is 2.72. The molecule has 1 aromatic carbocycles. The Labute approximate surface area is 118 Å². The number of rotatable bonds is 5. The zero-order chi connectivity index (χ0) is 13.0. The summed E-state index contributed by atoms with van der Waals surface area (Å²) in [4.78, 5) is 2.55. The highest BCUT2D eigenvalue weighted by Crippen LogP contribution is 2.26. The van der Waals surface area contributed by atoms with E-state index in [1.54, 1.807) is 7.11 Å². The minimum Gasteiger partial charge on any atom is -0.496 e. The summed E-state index contributed by atoms with van der Waals surface area (Å²) in [5, 5.41) is 1.12. The lowest BCUT2D eigenvalue weighted by Gasteiger charge is -2.18. The normalized spacial score (nSPS) is 20.3. The van der Waals surface area contributed by atoms with E-state index < -0.39 is 0 Å². The minimum absolute atomic E-state index is 0.861. The topological polar surface area (TPSA) is 12.5 Å². The van der Waals surface area contributed by atoms with Crippen LogP contribution in [-0.4, -0.2) is 30.4 Å². The third-order valence-electron chi connectivity index (χ3n) is 3.72. The number of ether oxygens (including phenoxy) is 1. The monoisotopic (exact) mass is 311 g/mol. The second-order valence-corrected chi connectivity index (χ2v) is 5.98. The van der Waals surface area contributed by atoms with Gasteiger partial charge in [0.1, 0.15) is 5.75 Å². The highest BCUT2D eigenvalue weighted by atomic mass is 79.9. The molecule has 100 valence electrons. The molecule has 0 bridgehead atoms. The van der Waals surface area contributed by atoms with E-state index in [-0.39, 0.29) is 0 Å². The summed E-state index contributed by atoms with van der Waals surface area (Å²) in [7, 11) is 1.76. The van der Waals surface area contributed by atoms with Crippen LogP contribution in [-0.2, 0) is 6.54 Å². The van der Waals surface area contributed by atoms with Crippen molar-refractivity contribution in [1.82, 2.24) is 4.90 Å². The Balaban J connectivity index is 1.99.